The molecule has 2 unspecified atom stereocenters. The third kappa shape index (κ3) is 5.06. The van der Waals surface area contributed by atoms with Gasteiger partial charge in [-0.05, 0) is 25.2 Å². The molecule has 0 aromatic heterocycles. The Hall–Kier alpha value is -1.26. The van der Waals surface area contributed by atoms with Crippen molar-refractivity contribution in [2.24, 2.45) is 5.92 Å². The van der Waals surface area contributed by atoms with Crippen molar-refractivity contribution in [1.82, 2.24) is 10.6 Å². The highest BCUT2D eigenvalue weighted by molar-refractivity contribution is 5.74. The van der Waals surface area contributed by atoms with Gasteiger partial charge >= 0.3 is 12.0 Å². The van der Waals surface area contributed by atoms with Gasteiger partial charge in [-0.3, -0.25) is 4.79 Å². The van der Waals surface area contributed by atoms with Gasteiger partial charge < -0.3 is 15.7 Å². The van der Waals surface area contributed by atoms with E-state index in [1.54, 1.807) is 0 Å². The third-order valence-corrected chi connectivity index (χ3v) is 3.35. The number of hydrogen-bond donors (Lipinski definition) is 3. The zero-order chi connectivity index (χ0) is 12.7. The van der Waals surface area contributed by atoms with Crippen molar-refractivity contribution in [3.05, 3.63) is 0 Å². The monoisotopic (exact) mass is 242 g/mol. The average Bonchev–Trinajstić information content (AvgIpc) is 2.71. The fourth-order valence-electron chi connectivity index (χ4n) is 2.38. The molecular weight excluding hydrogens is 220 g/mol. The highest BCUT2D eigenvalue weighted by Crippen LogP contribution is 2.27. The molecule has 1 aliphatic carbocycles. The molecule has 0 saturated heterocycles. The summed E-state index contributed by atoms with van der Waals surface area (Å²) in [4.78, 5) is 21.8. The number of hydrogen-bond acceptors (Lipinski definition) is 2. The molecule has 0 spiro atoms. The van der Waals surface area contributed by atoms with Crippen molar-refractivity contribution in [3.8, 4) is 0 Å². The zero-order valence-corrected chi connectivity index (χ0v) is 10.4. The summed E-state index contributed by atoms with van der Waals surface area (Å²) in [6.07, 6.45) is 5.11. The lowest BCUT2D eigenvalue weighted by Crippen LogP contribution is -2.43. The first kappa shape index (κ1) is 13.8. The number of aliphatic carboxylic acids is 1. The van der Waals surface area contributed by atoms with Crippen molar-refractivity contribution >= 4 is 12.0 Å². The van der Waals surface area contributed by atoms with Crippen molar-refractivity contribution < 1.29 is 14.7 Å². The molecule has 5 heteroatoms. The van der Waals surface area contributed by atoms with Crippen molar-refractivity contribution in [2.45, 2.75) is 51.5 Å². The van der Waals surface area contributed by atoms with Crippen LogP contribution in [-0.4, -0.2) is 29.7 Å². The largest absolute Gasteiger partial charge is 0.481 e. The topological polar surface area (TPSA) is 78.4 Å². The van der Waals surface area contributed by atoms with E-state index in [0.29, 0.717) is 24.9 Å². The molecule has 0 aromatic rings. The first-order chi connectivity index (χ1) is 8.13. The minimum atomic E-state index is -0.825. The van der Waals surface area contributed by atoms with E-state index >= 15 is 0 Å². The standard InChI is InChI=1S/C12H22N2O3/c1-2-9-5-3-6-10(9)14-12(17)13-8-4-7-11(15)16/h9-10H,2-8H2,1H3,(H,15,16)(H2,13,14,17). The Balaban J connectivity index is 2.14. The van der Waals surface area contributed by atoms with E-state index < -0.39 is 5.97 Å². The number of nitrogens with one attached hydrogen (secondary N) is 2. The van der Waals surface area contributed by atoms with E-state index in [0.717, 1.165) is 12.8 Å². The Morgan fingerprint density at radius 2 is 2.12 bits per heavy atom. The minimum Gasteiger partial charge on any atom is -0.481 e. The van der Waals surface area contributed by atoms with Crippen LogP contribution in [0, 0.1) is 5.92 Å². The quantitative estimate of drug-likeness (QED) is 0.621. The van der Waals surface area contributed by atoms with Gasteiger partial charge in [-0.15, -0.1) is 0 Å². The molecule has 2 amide bonds. The van der Waals surface area contributed by atoms with Gasteiger partial charge in [0.1, 0.15) is 0 Å². The highest BCUT2D eigenvalue weighted by Gasteiger charge is 2.26. The minimum absolute atomic E-state index is 0.0985. The summed E-state index contributed by atoms with van der Waals surface area (Å²) in [6, 6.07) is 0.125. The zero-order valence-electron chi connectivity index (χ0n) is 10.4. The van der Waals surface area contributed by atoms with E-state index in [2.05, 4.69) is 17.6 Å². The van der Waals surface area contributed by atoms with Crippen LogP contribution in [0.4, 0.5) is 4.79 Å². The number of amides is 2. The summed E-state index contributed by atoms with van der Waals surface area (Å²) in [5, 5.41) is 14.1. The maximum absolute atomic E-state index is 11.5. The Labute approximate surface area is 102 Å². The SMILES string of the molecule is CCC1CCCC1NC(=O)NCCCC(=O)O. The van der Waals surface area contributed by atoms with E-state index in [1.165, 1.54) is 12.8 Å². The predicted molar refractivity (Wildman–Crippen MR) is 64.8 cm³/mol. The van der Waals surface area contributed by atoms with Crippen LogP contribution in [0.1, 0.15) is 45.4 Å². The fourth-order valence-corrected chi connectivity index (χ4v) is 2.38. The van der Waals surface area contributed by atoms with Gasteiger partial charge in [0.2, 0.25) is 0 Å². The number of carbonyl (C=O) groups excluding carboxylic acids is 1. The van der Waals surface area contributed by atoms with Crippen LogP contribution in [0.25, 0.3) is 0 Å². The Bertz CT molecular complexity index is 268. The number of urea groups is 1. The van der Waals surface area contributed by atoms with Crippen molar-refractivity contribution in [2.75, 3.05) is 6.54 Å². The first-order valence-electron chi connectivity index (χ1n) is 6.39. The summed E-state index contributed by atoms with van der Waals surface area (Å²) in [5.74, 6) is -0.228. The van der Waals surface area contributed by atoms with Crippen molar-refractivity contribution in [1.29, 1.82) is 0 Å². The molecule has 0 aromatic carbocycles. The number of carboxylic acid groups (broad SMARTS) is 1. The maximum atomic E-state index is 11.5. The summed E-state index contributed by atoms with van der Waals surface area (Å²) < 4.78 is 0. The van der Waals surface area contributed by atoms with Crippen LogP contribution in [0.5, 0.6) is 0 Å². The van der Waals surface area contributed by atoms with Crippen LogP contribution < -0.4 is 10.6 Å². The van der Waals surface area contributed by atoms with Crippen LogP contribution >= 0.6 is 0 Å². The van der Waals surface area contributed by atoms with Gasteiger partial charge in [0.15, 0.2) is 0 Å². The van der Waals surface area contributed by atoms with Crippen LogP contribution in [0.2, 0.25) is 0 Å². The molecule has 17 heavy (non-hydrogen) atoms. The lowest BCUT2D eigenvalue weighted by molar-refractivity contribution is -0.137. The summed E-state index contributed by atoms with van der Waals surface area (Å²) in [7, 11) is 0. The maximum Gasteiger partial charge on any atom is 0.315 e. The smallest absolute Gasteiger partial charge is 0.315 e. The molecule has 0 bridgehead atoms. The molecule has 3 N–H and O–H groups in total. The second-order valence-electron chi connectivity index (χ2n) is 4.60. The second kappa shape index (κ2) is 7.14. The highest BCUT2D eigenvalue weighted by atomic mass is 16.4. The average molecular weight is 242 g/mol. The van der Waals surface area contributed by atoms with Crippen LogP contribution in [-0.2, 0) is 4.79 Å². The second-order valence-corrected chi connectivity index (χ2v) is 4.60. The lowest BCUT2D eigenvalue weighted by Gasteiger charge is -2.19. The van der Waals surface area contributed by atoms with Gasteiger partial charge in [0.05, 0.1) is 0 Å². The van der Waals surface area contributed by atoms with Crippen LogP contribution in [0.15, 0.2) is 0 Å². The Kier molecular flexibility index (Phi) is 5.80. The Morgan fingerprint density at radius 3 is 2.76 bits per heavy atom. The van der Waals surface area contributed by atoms with Gasteiger partial charge in [-0.2, -0.15) is 0 Å². The van der Waals surface area contributed by atoms with E-state index in [9.17, 15) is 9.59 Å². The van der Waals surface area contributed by atoms with Crippen LogP contribution in [0.3, 0.4) is 0 Å². The predicted octanol–water partition coefficient (Wildman–Crippen LogP) is 1.73. The third-order valence-electron chi connectivity index (χ3n) is 3.35. The van der Waals surface area contributed by atoms with Gasteiger partial charge in [-0.1, -0.05) is 19.8 Å². The molecule has 0 heterocycles. The molecule has 0 aliphatic heterocycles. The van der Waals surface area contributed by atoms with Gasteiger partial charge in [-0.25, -0.2) is 4.79 Å². The van der Waals surface area contributed by atoms with E-state index in [4.69, 9.17) is 5.11 Å². The fraction of sp³-hybridized carbons (Fsp3) is 0.833. The molecule has 98 valence electrons. The molecule has 5 nitrogen and oxygen atoms in total. The normalized spacial score (nSPS) is 23.4. The Morgan fingerprint density at radius 1 is 1.35 bits per heavy atom. The number of carboxylic acids is 1. The summed E-state index contributed by atoms with van der Waals surface area (Å²) in [6.45, 7) is 2.57. The van der Waals surface area contributed by atoms with Gasteiger partial charge in [0, 0.05) is 19.0 Å². The number of rotatable bonds is 6. The molecule has 1 rings (SSSR count). The molecule has 1 aliphatic rings. The molecule has 1 fully saturated rings. The molecule has 2 atom stereocenters. The molecule has 0 radical (unpaired) electrons. The number of carbonyl (C=O) groups is 2. The lowest BCUT2D eigenvalue weighted by atomic mass is 10.0. The summed E-state index contributed by atoms with van der Waals surface area (Å²) in [5.41, 5.74) is 0. The van der Waals surface area contributed by atoms with E-state index in [-0.39, 0.29) is 12.5 Å². The van der Waals surface area contributed by atoms with Gasteiger partial charge in [0.25, 0.3) is 0 Å². The first-order valence-corrected chi connectivity index (χ1v) is 6.39. The molecular formula is C12H22N2O3. The van der Waals surface area contributed by atoms with E-state index in [1.807, 2.05) is 0 Å². The van der Waals surface area contributed by atoms with Crippen molar-refractivity contribution in [3.63, 3.8) is 0 Å². The summed E-state index contributed by atoms with van der Waals surface area (Å²) >= 11 is 0. The molecule has 1 saturated carbocycles.